The molecular formula is C17H21N3O4S. The molecule has 0 spiro atoms. The van der Waals surface area contributed by atoms with Crippen LogP contribution in [0.5, 0.6) is 5.75 Å². The smallest absolute Gasteiger partial charge is 0.241 e. The van der Waals surface area contributed by atoms with Gasteiger partial charge in [0.2, 0.25) is 15.9 Å². The first-order valence-electron chi connectivity index (χ1n) is 7.76. The average Bonchev–Trinajstić information content (AvgIpc) is 2.59. The van der Waals surface area contributed by atoms with Crippen LogP contribution in [0.15, 0.2) is 48.8 Å². The molecular weight excluding hydrogens is 342 g/mol. The normalized spacial score (nSPS) is 11.0. The molecule has 0 radical (unpaired) electrons. The van der Waals surface area contributed by atoms with Crippen molar-refractivity contribution in [2.75, 3.05) is 23.7 Å². The van der Waals surface area contributed by atoms with Crippen LogP contribution in [-0.2, 0) is 21.4 Å². The maximum atomic E-state index is 12.2. The van der Waals surface area contributed by atoms with Crippen LogP contribution in [0.25, 0.3) is 0 Å². The van der Waals surface area contributed by atoms with E-state index in [4.69, 9.17) is 4.74 Å². The number of benzene rings is 1. The van der Waals surface area contributed by atoms with Crippen molar-refractivity contribution >= 4 is 21.6 Å². The molecule has 0 saturated carbocycles. The third-order valence-corrected chi connectivity index (χ3v) is 4.48. The van der Waals surface area contributed by atoms with E-state index in [-0.39, 0.29) is 13.1 Å². The van der Waals surface area contributed by atoms with Crippen LogP contribution in [0.4, 0.5) is 5.69 Å². The van der Waals surface area contributed by atoms with Crippen molar-refractivity contribution in [2.24, 2.45) is 0 Å². The van der Waals surface area contributed by atoms with E-state index in [2.05, 4.69) is 10.3 Å². The van der Waals surface area contributed by atoms with Gasteiger partial charge in [0.05, 0.1) is 18.6 Å². The minimum absolute atomic E-state index is 0.285. The number of pyridine rings is 1. The maximum absolute atomic E-state index is 12.2. The summed E-state index contributed by atoms with van der Waals surface area (Å²) >= 11 is 0. The zero-order valence-corrected chi connectivity index (χ0v) is 15.0. The van der Waals surface area contributed by atoms with Gasteiger partial charge in [0.25, 0.3) is 0 Å². The first-order chi connectivity index (χ1) is 11.9. The molecule has 0 aliphatic carbocycles. The summed E-state index contributed by atoms with van der Waals surface area (Å²) in [7, 11) is -3.60. The number of hydrogen-bond acceptors (Lipinski definition) is 5. The number of nitrogens with one attached hydrogen (secondary N) is 1. The first-order valence-corrected chi connectivity index (χ1v) is 9.61. The lowest BCUT2D eigenvalue weighted by atomic mass is 10.3. The lowest BCUT2D eigenvalue weighted by Crippen LogP contribution is -2.40. The lowest BCUT2D eigenvalue weighted by molar-refractivity contribution is -0.119. The van der Waals surface area contributed by atoms with Gasteiger partial charge >= 0.3 is 0 Å². The molecule has 0 aliphatic rings. The summed E-state index contributed by atoms with van der Waals surface area (Å²) in [4.78, 5) is 16.1. The number of ether oxygens (including phenoxy) is 1. The Morgan fingerprint density at radius 1 is 1.24 bits per heavy atom. The highest BCUT2D eigenvalue weighted by Gasteiger charge is 2.20. The summed E-state index contributed by atoms with van der Waals surface area (Å²) < 4.78 is 30.5. The molecule has 0 unspecified atom stereocenters. The third-order valence-electron chi connectivity index (χ3n) is 3.34. The first kappa shape index (κ1) is 18.7. The highest BCUT2D eigenvalue weighted by atomic mass is 32.2. The van der Waals surface area contributed by atoms with E-state index in [0.717, 1.165) is 16.1 Å². The Kier molecular flexibility index (Phi) is 6.35. The predicted molar refractivity (Wildman–Crippen MR) is 95.9 cm³/mol. The number of nitrogens with zero attached hydrogens (tertiary/aromatic N) is 2. The van der Waals surface area contributed by atoms with Crippen molar-refractivity contribution in [3.63, 3.8) is 0 Å². The number of anilines is 1. The zero-order valence-electron chi connectivity index (χ0n) is 14.2. The van der Waals surface area contributed by atoms with Crippen LogP contribution < -0.4 is 14.4 Å². The van der Waals surface area contributed by atoms with Gasteiger partial charge in [-0.25, -0.2) is 8.42 Å². The molecule has 1 heterocycles. The molecule has 0 atom stereocenters. The third kappa shape index (κ3) is 5.75. The molecule has 0 aliphatic heterocycles. The maximum Gasteiger partial charge on any atom is 0.241 e. The Balaban J connectivity index is 2.06. The standard InChI is InChI=1S/C17H21N3O4S/c1-3-24-16-8-6-15(7-9-16)20(25(2,22)23)13-17(21)19-12-14-5-4-10-18-11-14/h4-11H,3,12-13H2,1-2H3,(H,19,21). The SMILES string of the molecule is CCOc1ccc(N(CC(=O)NCc2cccnc2)S(C)(=O)=O)cc1. The minimum atomic E-state index is -3.60. The lowest BCUT2D eigenvalue weighted by Gasteiger charge is -2.22. The highest BCUT2D eigenvalue weighted by molar-refractivity contribution is 7.92. The zero-order chi connectivity index (χ0) is 18.3. The summed E-state index contributed by atoms with van der Waals surface area (Å²) in [5.41, 5.74) is 1.24. The molecule has 25 heavy (non-hydrogen) atoms. The topological polar surface area (TPSA) is 88.6 Å². The van der Waals surface area contributed by atoms with Crippen molar-refractivity contribution in [3.8, 4) is 5.75 Å². The van der Waals surface area contributed by atoms with Crippen molar-refractivity contribution in [1.82, 2.24) is 10.3 Å². The summed E-state index contributed by atoms with van der Waals surface area (Å²) in [5, 5.41) is 2.69. The van der Waals surface area contributed by atoms with Crippen LogP contribution in [0.3, 0.4) is 0 Å². The number of carbonyl (C=O) groups is 1. The van der Waals surface area contributed by atoms with E-state index in [0.29, 0.717) is 18.0 Å². The predicted octanol–water partition coefficient (Wildman–Crippen LogP) is 1.56. The van der Waals surface area contributed by atoms with Gasteiger partial charge in [-0.15, -0.1) is 0 Å². The Bertz CT molecular complexity index is 792. The molecule has 7 nitrogen and oxygen atoms in total. The van der Waals surface area contributed by atoms with Crippen LogP contribution in [0, 0.1) is 0 Å². The van der Waals surface area contributed by atoms with Crippen LogP contribution >= 0.6 is 0 Å². The molecule has 1 amide bonds. The van der Waals surface area contributed by atoms with E-state index < -0.39 is 15.9 Å². The van der Waals surface area contributed by atoms with Gasteiger partial charge in [-0.05, 0) is 42.8 Å². The fourth-order valence-corrected chi connectivity index (χ4v) is 3.02. The van der Waals surface area contributed by atoms with Gasteiger partial charge in [-0.2, -0.15) is 0 Å². The van der Waals surface area contributed by atoms with Crippen molar-refractivity contribution in [1.29, 1.82) is 0 Å². The number of sulfonamides is 1. The second kappa shape index (κ2) is 8.48. The number of carbonyl (C=O) groups excluding carboxylic acids is 1. The quantitative estimate of drug-likeness (QED) is 0.769. The largest absolute Gasteiger partial charge is 0.494 e. The molecule has 1 aromatic heterocycles. The summed E-state index contributed by atoms with van der Waals surface area (Å²) in [6.07, 6.45) is 4.35. The fourth-order valence-electron chi connectivity index (χ4n) is 2.16. The Morgan fingerprint density at radius 2 is 1.96 bits per heavy atom. The molecule has 0 saturated heterocycles. The molecule has 134 valence electrons. The number of hydrogen-bond donors (Lipinski definition) is 1. The monoisotopic (exact) mass is 363 g/mol. The van der Waals surface area contributed by atoms with Crippen LogP contribution in [0.2, 0.25) is 0 Å². The molecule has 2 aromatic rings. The van der Waals surface area contributed by atoms with Gasteiger partial charge < -0.3 is 10.1 Å². The van der Waals surface area contributed by atoms with Gasteiger partial charge in [0, 0.05) is 18.9 Å². The van der Waals surface area contributed by atoms with Crippen molar-refractivity contribution in [3.05, 3.63) is 54.4 Å². The van der Waals surface area contributed by atoms with Gasteiger partial charge in [0.1, 0.15) is 12.3 Å². The molecule has 1 N–H and O–H groups in total. The number of amides is 1. The molecule has 1 aromatic carbocycles. The Morgan fingerprint density at radius 3 is 2.52 bits per heavy atom. The van der Waals surface area contributed by atoms with Gasteiger partial charge in [-0.3, -0.25) is 14.1 Å². The second-order valence-corrected chi connectivity index (χ2v) is 7.24. The number of aromatic nitrogens is 1. The average molecular weight is 363 g/mol. The van der Waals surface area contributed by atoms with E-state index in [1.54, 1.807) is 42.7 Å². The number of rotatable bonds is 8. The molecule has 0 fully saturated rings. The van der Waals surface area contributed by atoms with E-state index in [1.807, 2.05) is 13.0 Å². The van der Waals surface area contributed by atoms with Gasteiger partial charge in [-0.1, -0.05) is 6.07 Å². The van der Waals surface area contributed by atoms with Crippen LogP contribution in [-0.4, -0.2) is 38.7 Å². The van der Waals surface area contributed by atoms with Crippen LogP contribution in [0.1, 0.15) is 12.5 Å². The molecule has 2 rings (SSSR count). The summed E-state index contributed by atoms with van der Waals surface area (Å²) in [6.45, 7) is 2.37. The van der Waals surface area contributed by atoms with E-state index >= 15 is 0 Å². The summed E-state index contributed by atoms with van der Waals surface area (Å²) in [6, 6.07) is 10.2. The van der Waals surface area contributed by atoms with Crippen molar-refractivity contribution in [2.45, 2.75) is 13.5 Å². The molecule has 8 heteroatoms. The second-order valence-electron chi connectivity index (χ2n) is 5.33. The Hall–Kier alpha value is -2.61. The summed E-state index contributed by atoms with van der Waals surface area (Å²) in [5.74, 6) is 0.240. The van der Waals surface area contributed by atoms with E-state index in [9.17, 15) is 13.2 Å². The van der Waals surface area contributed by atoms with Gasteiger partial charge in [0.15, 0.2) is 0 Å². The van der Waals surface area contributed by atoms with E-state index in [1.165, 1.54) is 0 Å². The molecule has 0 bridgehead atoms. The highest BCUT2D eigenvalue weighted by Crippen LogP contribution is 2.21. The minimum Gasteiger partial charge on any atom is -0.494 e. The van der Waals surface area contributed by atoms with Crippen molar-refractivity contribution < 1.29 is 17.9 Å². The fraction of sp³-hybridized carbons (Fsp3) is 0.294. The Labute approximate surface area is 147 Å².